The number of aliphatic hydroxyl groups excluding tert-OH is 1. The lowest BCUT2D eigenvalue weighted by atomic mass is 9.86. The molecule has 0 radical (unpaired) electrons. The van der Waals surface area contributed by atoms with Gasteiger partial charge >= 0.3 is 0 Å². The van der Waals surface area contributed by atoms with Gasteiger partial charge in [-0.05, 0) is 17.2 Å². The first-order valence-electron chi connectivity index (χ1n) is 8.00. The van der Waals surface area contributed by atoms with Gasteiger partial charge in [-0.1, -0.05) is 73.3 Å². The Morgan fingerprint density at radius 1 is 1.04 bits per heavy atom. The van der Waals surface area contributed by atoms with E-state index < -0.39 is 5.54 Å². The van der Waals surface area contributed by atoms with Gasteiger partial charge in [-0.2, -0.15) is 0 Å². The van der Waals surface area contributed by atoms with Gasteiger partial charge in [-0.15, -0.1) is 0 Å². The van der Waals surface area contributed by atoms with Crippen LogP contribution in [0.1, 0.15) is 11.1 Å². The summed E-state index contributed by atoms with van der Waals surface area (Å²) in [4.78, 5) is 16.5. The Balaban J connectivity index is 2.44. The molecule has 0 unspecified atom stereocenters. The van der Waals surface area contributed by atoms with Gasteiger partial charge in [0.25, 0.3) is 0 Å². The van der Waals surface area contributed by atoms with E-state index in [2.05, 4.69) is 11.6 Å². The average molecular weight is 334 g/mol. The molecule has 128 valence electrons. The van der Waals surface area contributed by atoms with Crippen molar-refractivity contribution in [2.75, 3.05) is 0 Å². The van der Waals surface area contributed by atoms with Crippen LogP contribution in [0.4, 0.5) is 0 Å². The maximum absolute atomic E-state index is 12.1. The van der Waals surface area contributed by atoms with Crippen LogP contribution in [0.5, 0.6) is 0 Å². The number of aliphatic hydroxyl groups is 1. The fourth-order valence-electron chi connectivity index (χ4n) is 2.64. The summed E-state index contributed by atoms with van der Waals surface area (Å²) in [6.07, 6.45) is 4.33. The van der Waals surface area contributed by atoms with Crippen LogP contribution in [0.3, 0.4) is 0 Å². The lowest BCUT2D eigenvalue weighted by Gasteiger charge is -2.25. The number of nitrogens with two attached hydrogens (primary N) is 1. The Labute approximate surface area is 148 Å². The molecular weight excluding hydrogens is 312 g/mol. The number of hydrogen-bond donors (Lipinski definition) is 2. The Morgan fingerprint density at radius 3 is 1.92 bits per heavy atom. The van der Waals surface area contributed by atoms with Crippen molar-refractivity contribution in [3.05, 3.63) is 96.3 Å². The summed E-state index contributed by atoms with van der Waals surface area (Å²) in [5.41, 5.74) is 6.73. The van der Waals surface area contributed by atoms with Crippen molar-refractivity contribution in [3.63, 3.8) is 0 Å². The largest absolute Gasteiger partial charge is 0.504 e. The minimum Gasteiger partial charge on any atom is -0.504 e. The number of allylic oxidation sites excluding steroid dienone is 2. The number of carbonyl (C=O) groups excluding carboxylic acids is 1. The smallest absolute Gasteiger partial charge is 0.162 e. The van der Waals surface area contributed by atoms with E-state index in [1.807, 2.05) is 60.7 Å². The Bertz CT molecular complexity index is 723. The molecular formula is C21H22N2O2. The molecule has 0 saturated carbocycles. The topological polar surface area (TPSA) is 75.7 Å². The molecule has 0 aliphatic rings. The summed E-state index contributed by atoms with van der Waals surface area (Å²) in [6.45, 7) is 3.52. The van der Waals surface area contributed by atoms with Crippen LogP contribution >= 0.6 is 0 Å². The lowest BCUT2D eigenvalue weighted by Crippen LogP contribution is -2.37. The number of aldehydes is 1. The summed E-state index contributed by atoms with van der Waals surface area (Å²) in [6, 6.07) is 19.2. The molecule has 0 saturated heterocycles. The second-order valence-corrected chi connectivity index (χ2v) is 5.83. The molecule has 2 rings (SSSR count). The third-order valence-corrected chi connectivity index (χ3v) is 3.81. The lowest BCUT2D eigenvalue weighted by molar-refractivity contribution is -0.112. The van der Waals surface area contributed by atoms with Crippen molar-refractivity contribution < 1.29 is 9.90 Å². The minimum absolute atomic E-state index is 0.0844. The Morgan fingerprint density at radius 2 is 1.52 bits per heavy atom. The van der Waals surface area contributed by atoms with E-state index in [9.17, 15) is 9.90 Å². The van der Waals surface area contributed by atoms with Crippen LogP contribution < -0.4 is 5.73 Å². The van der Waals surface area contributed by atoms with Crippen molar-refractivity contribution in [1.82, 2.24) is 0 Å². The van der Waals surface area contributed by atoms with Gasteiger partial charge in [0, 0.05) is 12.8 Å². The monoisotopic (exact) mass is 334 g/mol. The van der Waals surface area contributed by atoms with E-state index in [4.69, 9.17) is 5.73 Å². The third-order valence-electron chi connectivity index (χ3n) is 3.81. The van der Waals surface area contributed by atoms with E-state index in [1.165, 1.54) is 12.2 Å². The van der Waals surface area contributed by atoms with E-state index in [1.54, 1.807) is 0 Å². The highest BCUT2D eigenvalue weighted by molar-refractivity contribution is 5.96. The standard InChI is InChI=1S/C21H22N2O2/c1-2-9-19(25)20(22)23-21(16-24,14-17-10-5-3-6-11-17)15-18-12-7-4-8-13-18/h2-13,16,25H,1,14-15H2,(H2,22,23)/b19-9+. The summed E-state index contributed by atoms with van der Waals surface area (Å²) in [7, 11) is 0. The summed E-state index contributed by atoms with van der Waals surface area (Å²) in [5.74, 6) is -0.291. The molecule has 0 atom stereocenters. The number of carbonyl (C=O) groups is 1. The van der Waals surface area contributed by atoms with Crippen molar-refractivity contribution in [2.45, 2.75) is 18.4 Å². The minimum atomic E-state index is -1.10. The van der Waals surface area contributed by atoms with Gasteiger partial charge in [-0.3, -0.25) is 4.99 Å². The van der Waals surface area contributed by atoms with Crippen LogP contribution in [-0.4, -0.2) is 22.8 Å². The highest BCUT2D eigenvalue weighted by atomic mass is 16.3. The van der Waals surface area contributed by atoms with Gasteiger partial charge in [0.05, 0.1) is 0 Å². The van der Waals surface area contributed by atoms with Gasteiger partial charge in [-0.25, -0.2) is 0 Å². The quantitative estimate of drug-likeness (QED) is 0.255. The normalized spacial score (nSPS) is 12.6. The van der Waals surface area contributed by atoms with E-state index in [0.29, 0.717) is 12.8 Å². The Hall–Kier alpha value is -3.14. The van der Waals surface area contributed by atoms with Crippen molar-refractivity contribution >= 4 is 12.1 Å². The maximum Gasteiger partial charge on any atom is 0.162 e. The number of amidine groups is 1. The summed E-state index contributed by atoms with van der Waals surface area (Å²) < 4.78 is 0. The first-order chi connectivity index (χ1) is 12.1. The molecule has 0 fully saturated rings. The first kappa shape index (κ1) is 18.2. The van der Waals surface area contributed by atoms with Crippen LogP contribution in [0.25, 0.3) is 0 Å². The molecule has 0 heterocycles. The second-order valence-electron chi connectivity index (χ2n) is 5.83. The zero-order valence-electron chi connectivity index (χ0n) is 14.0. The molecule has 0 aliphatic heterocycles. The number of aliphatic imine (C=N–C) groups is 1. The molecule has 0 spiro atoms. The molecule has 2 aromatic rings. The predicted octanol–water partition coefficient (Wildman–Crippen LogP) is 3.39. The van der Waals surface area contributed by atoms with Crippen molar-refractivity contribution in [2.24, 2.45) is 10.7 Å². The van der Waals surface area contributed by atoms with E-state index >= 15 is 0 Å². The highest BCUT2D eigenvalue weighted by Crippen LogP contribution is 2.22. The van der Waals surface area contributed by atoms with Gasteiger partial charge in [0.2, 0.25) is 0 Å². The van der Waals surface area contributed by atoms with Gasteiger partial charge < -0.3 is 15.6 Å². The molecule has 0 aliphatic carbocycles. The zero-order valence-corrected chi connectivity index (χ0v) is 14.0. The Kier molecular flexibility index (Phi) is 6.29. The second kappa shape index (κ2) is 8.64. The maximum atomic E-state index is 12.1. The third kappa shape index (κ3) is 5.18. The average Bonchev–Trinajstić information content (AvgIpc) is 2.63. The molecule has 0 amide bonds. The molecule has 0 bridgehead atoms. The van der Waals surface area contributed by atoms with E-state index in [0.717, 1.165) is 17.4 Å². The molecule has 4 nitrogen and oxygen atoms in total. The number of nitrogens with zero attached hydrogens (tertiary/aromatic N) is 1. The molecule has 0 aromatic heterocycles. The number of hydrogen-bond acceptors (Lipinski definition) is 3. The van der Waals surface area contributed by atoms with Crippen molar-refractivity contribution in [3.8, 4) is 0 Å². The fraction of sp³-hybridized carbons (Fsp3) is 0.143. The predicted molar refractivity (Wildman–Crippen MR) is 102 cm³/mol. The summed E-state index contributed by atoms with van der Waals surface area (Å²) in [5, 5.41) is 9.93. The van der Waals surface area contributed by atoms with Gasteiger partial charge in [0.15, 0.2) is 11.6 Å². The highest BCUT2D eigenvalue weighted by Gasteiger charge is 2.31. The zero-order chi connectivity index (χ0) is 18.1. The van der Waals surface area contributed by atoms with Crippen LogP contribution in [0, 0.1) is 0 Å². The molecule has 2 aromatic carbocycles. The van der Waals surface area contributed by atoms with Crippen LogP contribution in [0.2, 0.25) is 0 Å². The number of benzene rings is 2. The molecule has 4 heteroatoms. The molecule has 25 heavy (non-hydrogen) atoms. The fourth-order valence-corrected chi connectivity index (χ4v) is 2.64. The molecule has 3 N–H and O–H groups in total. The van der Waals surface area contributed by atoms with Crippen LogP contribution in [-0.2, 0) is 17.6 Å². The SMILES string of the molecule is C=C/C=C(/O)C(N)=NC(C=O)(Cc1ccccc1)Cc1ccccc1. The van der Waals surface area contributed by atoms with Crippen molar-refractivity contribution in [1.29, 1.82) is 0 Å². The number of rotatable bonds is 8. The first-order valence-corrected chi connectivity index (χ1v) is 8.00. The van der Waals surface area contributed by atoms with Gasteiger partial charge in [0.1, 0.15) is 11.8 Å². The van der Waals surface area contributed by atoms with E-state index in [-0.39, 0.29) is 11.6 Å². The summed E-state index contributed by atoms with van der Waals surface area (Å²) >= 11 is 0. The van der Waals surface area contributed by atoms with Crippen LogP contribution in [0.15, 0.2) is 90.1 Å².